The van der Waals surface area contributed by atoms with E-state index in [9.17, 15) is 9.90 Å². The minimum absolute atomic E-state index is 0.0123. The Morgan fingerprint density at radius 3 is 2.61 bits per heavy atom. The lowest BCUT2D eigenvalue weighted by atomic mass is 10.1. The molecule has 1 aromatic carbocycles. The maximum atomic E-state index is 11.6. The first-order chi connectivity index (χ1) is 11.1. The fourth-order valence-corrected chi connectivity index (χ4v) is 2.02. The zero-order valence-electron chi connectivity index (χ0n) is 12.6. The van der Waals surface area contributed by atoms with Crippen LogP contribution in [0.15, 0.2) is 41.5 Å². The van der Waals surface area contributed by atoms with E-state index in [1.807, 2.05) is 0 Å². The van der Waals surface area contributed by atoms with Gasteiger partial charge in [0.05, 0.1) is 5.69 Å². The number of nitrogens with one attached hydrogen (secondary N) is 1. The Morgan fingerprint density at radius 2 is 2.00 bits per heavy atom. The van der Waals surface area contributed by atoms with Crippen LogP contribution in [0.4, 0.5) is 5.82 Å². The second-order valence-electron chi connectivity index (χ2n) is 4.86. The van der Waals surface area contributed by atoms with Crippen molar-refractivity contribution in [2.24, 2.45) is 7.05 Å². The summed E-state index contributed by atoms with van der Waals surface area (Å²) in [5, 5.41) is 21.1. The standard InChI is InChI=1S/C15H14N6O2/c1-16-13-6-5-11(19-20-13)10-4-3-9(7-12(10)22)14-17-8-21(2)15(23)18-14/h3-8,22H,1-2H3,(H,16,20). The number of anilines is 1. The molecule has 8 heteroatoms. The summed E-state index contributed by atoms with van der Waals surface area (Å²) in [6.45, 7) is 0. The predicted octanol–water partition coefficient (Wildman–Crippen LogP) is 1.05. The van der Waals surface area contributed by atoms with Crippen molar-refractivity contribution >= 4 is 5.82 Å². The Hall–Kier alpha value is -3.29. The van der Waals surface area contributed by atoms with Crippen molar-refractivity contribution in [1.29, 1.82) is 0 Å². The van der Waals surface area contributed by atoms with E-state index in [0.29, 0.717) is 22.6 Å². The normalized spacial score (nSPS) is 10.5. The van der Waals surface area contributed by atoms with Gasteiger partial charge in [0.15, 0.2) is 5.82 Å². The minimum Gasteiger partial charge on any atom is -0.507 e. The van der Waals surface area contributed by atoms with Crippen molar-refractivity contribution < 1.29 is 5.11 Å². The second kappa shape index (κ2) is 5.84. The minimum atomic E-state index is -0.410. The van der Waals surface area contributed by atoms with Gasteiger partial charge in [-0.1, -0.05) is 6.07 Å². The Bertz CT molecular complexity index is 905. The fourth-order valence-electron chi connectivity index (χ4n) is 2.02. The summed E-state index contributed by atoms with van der Waals surface area (Å²) >= 11 is 0. The monoisotopic (exact) mass is 310 g/mol. The maximum absolute atomic E-state index is 11.6. The molecule has 3 aromatic rings. The number of aryl methyl sites for hydroxylation is 1. The van der Waals surface area contributed by atoms with E-state index in [-0.39, 0.29) is 11.6 Å². The van der Waals surface area contributed by atoms with Gasteiger partial charge in [-0.2, -0.15) is 4.98 Å². The lowest BCUT2D eigenvalue weighted by Crippen LogP contribution is -2.20. The summed E-state index contributed by atoms with van der Waals surface area (Å²) in [6, 6.07) is 8.42. The molecule has 0 amide bonds. The van der Waals surface area contributed by atoms with Crippen molar-refractivity contribution in [3.63, 3.8) is 0 Å². The molecule has 2 aromatic heterocycles. The van der Waals surface area contributed by atoms with E-state index >= 15 is 0 Å². The van der Waals surface area contributed by atoms with E-state index in [1.54, 1.807) is 38.4 Å². The summed E-state index contributed by atoms with van der Waals surface area (Å²) in [6.07, 6.45) is 1.39. The van der Waals surface area contributed by atoms with Crippen molar-refractivity contribution in [2.75, 3.05) is 12.4 Å². The predicted molar refractivity (Wildman–Crippen MR) is 84.9 cm³/mol. The zero-order chi connectivity index (χ0) is 16.4. The molecule has 0 aliphatic carbocycles. The van der Waals surface area contributed by atoms with E-state index in [4.69, 9.17) is 0 Å². The van der Waals surface area contributed by atoms with Crippen molar-refractivity contribution in [1.82, 2.24) is 24.7 Å². The first-order valence-corrected chi connectivity index (χ1v) is 6.83. The molecule has 0 spiro atoms. The van der Waals surface area contributed by atoms with Crippen molar-refractivity contribution in [3.05, 3.63) is 47.1 Å². The molecule has 0 radical (unpaired) electrons. The van der Waals surface area contributed by atoms with Gasteiger partial charge < -0.3 is 10.4 Å². The number of hydrogen-bond donors (Lipinski definition) is 2. The fraction of sp³-hybridized carbons (Fsp3) is 0.133. The Balaban J connectivity index is 1.99. The Labute approximate surface area is 131 Å². The van der Waals surface area contributed by atoms with Crippen LogP contribution in [-0.4, -0.2) is 36.9 Å². The van der Waals surface area contributed by atoms with Gasteiger partial charge in [0.2, 0.25) is 0 Å². The van der Waals surface area contributed by atoms with E-state index in [0.717, 1.165) is 0 Å². The largest absolute Gasteiger partial charge is 0.507 e. The molecule has 0 saturated heterocycles. The highest BCUT2D eigenvalue weighted by Gasteiger charge is 2.10. The molecule has 0 aliphatic rings. The van der Waals surface area contributed by atoms with Crippen molar-refractivity contribution in [2.45, 2.75) is 0 Å². The molecule has 3 rings (SSSR count). The SMILES string of the molecule is CNc1ccc(-c2ccc(-c3ncn(C)c(=O)n3)cc2O)nn1. The first-order valence-electron chi connectivity index (χ1n) is 6.83. The van der Waals surface area contributed by atoms with Crippen LogP contribution in [0.25, 0.3) is 22.6 Å². The second-order valence-corrected chi connectivity index (χ2v) is 4.86. The summed E-state index contributed by atoms with van der Waals surface area (Å²) in [5.74, 6) is 0.906. The van der Waals surface area contributed by atoms with Gasteiger partial charge in [-0.15, -0.1) is 10.2 Å². The Morgan fingerprint density at radius 1 is 1.17 bits per heavy atom. The number of aromatic nitrogens is 5. The number of phenols is 1. The molecule has 0 bridgehead atoms. The summed E-state index contributed by atoms with van der Waals surface area (Å²) < 4.78 is 1.27. The van der Waals surface area contributed by atoms with Crippen LogP contribution in [0.1, 0.15) is 0 Å². The summed E-state index contributed by atoms with van der Waals surface area (Å²) in [5.41, 5.74) is 1.21. The molecule has 0 atom stereocenters. The van der Waals surface area contributed by atoms with Crippen LogP contribution in [0.5, 0.6) is 5.75 Å². The molecule has 0 fully saturated rings. The van der Waals surface area contributed by atoms with Crippen molar-refractivity contribution in [3.8, 4) is 28.4 Å². The molecule has 0 aliphatic heterocycles. The van der Waals surface area contributed by atoms with Gasteiger partial charge in [0, 0.05) is 25.2 Å². The van der Waals surface area contributed by atoms with Crippen LogP contribution in [-0.2, 0) is 7.05 Å². The van der Waals surface area contributed by atoms with Crippen LogP contribution in [0.3, 0.4) is 0 Å². The molecule has 2 heterocycles. The number of hydrogen-bond acceptors (Lipinski definition) is 7. The average Bonchev–Trinajstić information content (AvgIpc) is 2.57. The number of aromatic hydroxyl groups is 1. The smallest absolute Gasteiger partial charge is 0.350 e. The van der Waals surface area contributed by atoms with E-state index < -0.39 is 5.69 Å². The van der Waals surface area contributed by atoms with Crippen LogP contribution in [0.2, 0.25) is 0 Å². The molecular weight excluding hydrogens is 296 g/mol. The highest BCUT2D eigenvalue weighted by atomic mass is 16.3. The van der Waals surface area contributed by atoms with Gasteiger partial charge in [-0.3, -0.25) is 4.57 Å². The molecular formula is C15H14N6O2. The van der Waals surface area contributed by atoms with Crippen LogP contribution < -0.4 is 11.0 Å². The third-order valence-corrected chi connectivity index (χ3v) is 3.31. The van der Waals surface area contributed by atoms with Crippen LogP contribution in [0, 0.1) is 0 Å². The number of nitrogens with zero attached hydrogens (tertiary/aromatic N) is 5. The van der Waals surface area contributed by atoms with E-state index in [1.165, 1.54) is 17.0 Å². The lowest BCUT2D eigenvalue weighted by molar-refractivity contribution is 0.477. The third kappa shape index (κ3) is 2.86. The zero-order valence-corrected chi connectivity index (χ0v) is 12.6. The molecule has 0 saturated carbocycles. The average molecular weight is 310 g/mol. The highest BCUT2D eigenvalue weighted by molar-refractivity contribution is 5.72. The molecule has 116 valence electrons. The number of phenolic OH excluding ortho intramolecular Hbond substituents is 1. The molecule has 2 N–H and O–H groups in total. The summed E-state index contributed by atoms with van der Waals surface area (Å²) in [7, 11) is 3.32. The lowest BCUT2D eigenvalue weighted by Gasteiger charge is -2.07. The highest BCUT2D eigenvalue weighted by Crippen LogP contribution is 2.31. The van der Waals surface area contributed by atoms with Crippen LogP contribution >= 0.6 is 0 Å². The summed E-state index contributed by atoms with van der Waals surface area (Å²) in [4.78, 5) is 19.5. The maximum Gasteiger partial charge on any atom is 0.350 e. The third-order valence-electron chi connectivity index (χ3n) is 3.31. The van der Waals surface area contributed by atoms with Gasteiger partial charge in [-0.25, -0.2) is 9.78 Å². The quantitative estimate of drug-likeness (QED) is 0.744. The van der Waals surface area contributed by atoms with Gasteiger partial charge >= 0.3 is 5.69 Å². The van der Waals surface area contributed by atoms with Gasteiger partial charge in [0.25, 0.3) is 0 Å². The topological polar surface area (TPSA) is 106 Å². The number of rotatable bonds is 3. The Kier molecular flexibility index (Phi) is 3.71. The molecule has 23 heavy (non-hydrogen) atoms. The molecule has 8 nitrogen and oxygen atoms in total. The molecule has 0 unspecified atom stereocenters. The van der Waals surface area contributed by atoms with Gasteiger partial charge in [-0.05, 0) is 24.3 Å². The number of benzene rings is 1. The first kappa shape index (κ1) is 14.6. The van der Waals surface area contributed by atoms with Gasteiger partial charge in [0.1, 0.15) is 17.9 Å². The van der Waals surface area contributed by atoms with E-state index in [2.05, 4.69) is 25.5 Å².